The molecule has 2 aromatic carbocycles. The lowest BCUT2D eigenvalue weighted by Crippen LogP contribution is -2.03. The third kappa shape index (κ3) is 2.94. The summed E-state index contributed by atoms with van der Waals surface area (Å²) in [6.07, 6.45) is 1.51. The van der Waals surface area contributed by atoms with E-state index >= 15 is 0 Å². The summed E-state index contributed by atoms with van der Waals surface area (Å²) in [6, 6.07) is 8.87. The zero-order valence-corrected chi connectivity index (χ0v) is 13.4. The molecule has 0 fully saturated rings. The number of aromatic hydroxyl groups is 1. The first-order chi connectivity index (χ1) is 12.0. The van der Waals surface area contributed by atoms with Gasteiger partial charge in [-0.25, -0.2) is 4.68 Å². The Labute approximate surface area is 142 Å². The summed E-state index contributed by atoms with van der Waals surface area (Å²) in [6.45, 7) is 0. The number of methoxy groups -OCH3 is 2. The van der Waals surface area contributed by atoms with Crippen LogP contribution in [0.3, 0.4) is 0 Å². The van der Waals surface area contributed by atoms with Gasteiger partial charge >= 0.3 is 0 Å². The minimum atomic E-state index is -0.470. The first kappa shape index (κ1) is 16.2. The van der Waals surface area contributed by atoms with Gasteiger partial charge in [0.25, 0.3) is 5.69 Å². The van der Waals surface area contributed by atoms with Gasteiger partial charge in [0, 0.05) is 29.8 Å². The second-order valence-electron chi connectivity index (χ2n) is 5.04. The molecule has 0 bridgehead atoms. The first-order valence-electron chi connectivity index (χ1n) is 7.16. The Bertz CT molecular complexity index is 921. The number of aromatic nitrogens is 3. The topological polar surface area (TPSA) is 113 Å². The van der Waals surface area contributed by atoms with E-state index in [2.05, 4.69) is 10.3 Å². The summed E-state index contributed by atoms with van der Waals surface area (Å²) < 4.78 is 12.1. The van der Waals surface area contributed by atoms with Crippen molar-refractivity contribution in [1.82, 2.24) is 15.0 Å². The second-order valence-corrected chi connectivity index (χ2v) is 5.04. The number of nitro groups is 1. The Morgan fingerprint density at radius 3 is 2.48 bits per heavy atom. The highest BCUT2D eigenvalue weighted by atomic mass is 16.6. The highest BCUT2D eigenvalue weighted by Crippen LogP contribution is 2.38. The van der Waals surface area contributed by atoms with Gasteiger partial charge in [-0.1, -0.05) is 5.21 Å². The van der Waals surface area contributed by atoms with Crippen molar-refractivity contribution in [3.05, 3.63) is 52.7 Å². The van der Waals surface area contributed by atoms with Crippen molar-refractivity contribution >= 4 is 5.69 Å². The molecule has 0 saturated heterocycles. The van der Waals surface area contributed by atoms with Gasteiger partial charge in [0.15, 0.2) is 11.5 Å². The molecule has 0 aliphatic heterocycles. The van der Waals surface area contributed by atoms with Crippen LogP contribution in [0.1, 0.15) is 0 Å². The van der Waals surface area contributed by atoms with Crippen molar-refractivity contribution < 1.29 is 19.5 Å². The molecule has 0 spiro atoms. The second kappa shape index (κ2) is 6.48. The van der Waals surface area contributed by atoms with E-state index in [0.29, 0.717) is 28.4 Å². The minimum absolute atomic E-state index is 0.0145. The Morgan fingerprint density at radius 2 is 1.88 bits per heavy atom. The molecular formula is C16H14N4O5. The van der Waals surface area contributed by atoms with Crippen molar-refractivity contribution in [2.24, 2.45) is 0 Å². The molecule has 3 rings (SSSR count). The van der Waals surface area contributed by atoms with Crippen LogP contribution in [-0.4, -0.2) is 39.2 Å². The van der Waals surface area contributed by atoms with E-state index in [0.717, 1.165) is 0 Å². The van der Waals surface area contributed by atoms with Crippen LogP contribution >= 0.6 is 0 Å². The Morgan fingerprint density at radius 1 is 1.16 bits per heavy atom. The maximum Gasteiger partial charge on any atom is 0.269 e. The van der Waals surface area contributed by atoms with Crippen LogP contribution in [0.2, 0.25) is 0 Å². The number of benzene rings is 2. The highest BCUT2D eigenvalue weighted by Gasteiger charge is 2.18. The summed E-state index contributed by atoms with van der Waals surface area (Å²) in [5.74, 6) is 0.675. The number of hydrogen-bond acceptors (Lipinski definition) is 7. The Hall–Kier alpha value is -3.62. The van der Waals surface area contributed by atoms with E-state index < -0.39 is 4.92 Å². The van der Waals surface area contributed by atoms with E-state index in [1.165, 1.54) is 49.4 Å². The third-order valence-corrected chi connectivity index (χ3v) is 3.60. The molecule has 0 aliphatic rings. The molecule has 0 aliphatic carbocycles. The average Bonchev–Trinajstić information content (AvgIpc) is 3.10. The summed E-state index contributed by atoms with van der Waals surface area (Å²) in [5, 5.41) is 28.7. The van der Waals surface area contributed by atoms with Gasteiger partial charge in [0.1, 0.15) is 11.4 Å². The fourth-order valence-electron chi connectivity index (χ4n) is 2.45. The predicted octanol–water partition coefficient (Wildman–Crippen LogP) is 2.57. The molecule has 0 saturated carbocycles. The summed E-state index contributed by atoms with van der Waals surface area (Å²) >= 11 is 0. The molecule has 25 heavy (non-hydrogen) atoms. The first-order valence-corrected chi connectivity index (χ1v) is 7.16. The maximum atomic E-state index is 10.8. The summed E-state index contributed by atoms with van der Waals surface area (Å²) in [4.78, 5) is 10.3. The molecule has 1 heterocycles. The normalized spacial score (nSPS) is 10.5. The van der Waals surface area contributed by atoms with Crippen molar-refractivity contribution in [2.75, 3.05) is 14.2 Å². The van der Waals surface area contributed by atoms with Gasteiger partial charge < -0.3 is 14.6 Å². The van der Waals surface area contributed by atoms with E-state index in [1.807, 2.05) is 0 Å². The zero-order valence-electron chi connectivity index (χ0n) is 13.4. The standard InChI is InChI=1S/C16H14N4O5/c1-24-15-8-12(21)7-13(16(15)25-2)19-14(9-17-18-19)10-3-5-11(6-4-10)20(22)23/h3-9,21H,1-2H3. The predicted molar refractivity (Wildman–Crippen MR) is 88.2 cm³/mol. The number of nitrogens with zero attached hydrogens (tertiary/aromatic N) is 4. The van der Waals surface area contributed by atoms with Crippen molar-refractivity contribution in [2.45, 2.75) is 0 Å². The molecule has 0 radical (unpaired) electrons. The molecule has 0 atom stereocenters. The fraction of sp³-hybridized carbons (Fsp3) is 0.125. The van der Waals surface area contributed by atoms with Crippen LogP contribution in [0.15, 0.2) is 42.6 Å². The number of hydrogen-bond donors (Lipinski definition) is 1. The smallest absolute Gasteiger partial charge is 0.269 e. The van der Waals surface area contributed by atoms with E-state index in [9.17, 15) is 15.2 Å². The lowest BCUT2D eigenvalue weighted by molar-refractivity contribution is -0.384. The number of non-ortho nitro benzene ring substituents is 1. The van der Waals surface area contributed by atoms with Crippen LogP contribution in [0.5, 0.6) is 17.2 Å². The maximum absolute atomic E-state index is 10.8. The van der Waals surface area contributed by atoms with Crippen molar-refractivity contribution in [1.29, 1.82) is 0 Å². The monoisotopic (exact) mass is 342 g/mol. The number of nitro benzene ring substituents is 1. The molecule has 1 N–H and O–H groups in total. The lowest BCUT2D eigenvalue weighted by Gasteiger charge is -2.14. The number of rotatable bonds is 5. The van der Waals surface area contributed by atoms with Gasteiger partial charge in [0.05, 0.1) is 31.0 Å². The highest BCUT2D eigenvalue weighted by molar-refractivity contribution is 5.66. The average molecular weight is 342 g/mol. The molecule has 0 unspecified atom stereocenters. The molecule has 9 heteroatoms. The summed E-state index contributed by atoms with van der Waals surface area (Å²) in [7, 11) is 2.93. The van der Waals surface area contributed by atoms with Crippen molar-refractivity contribution in [3.63, 3.8) is 0 Å². The molecule has 1 aromatic heterocycles. The van der Waals surface area contributed by atoms with Gasteiger partial charge in [-0.3, -0.25) is 10.1 Å². The molecule has 9 nitrogen and oxygen atoms in total. The van der Waals surface area contributed by atoms with E-state index in [-0.39, 0.29) is 11.4 Å². The quantitative estimate of drug-likeness (QED) is 0.560. The van der Waals surface area contributed by atoms with Crippen LogP contribution in [-0.2, 0) is 0 Å². The number of phenolic OH excluding ortho intramolecular Hbond substituents is 1. The van der Waals surface area contributed by atoms with Gasteiger partial charge in [0.2, 0.25) is 0 Å². The Balaban J connectivity index is 2.14. The van der Waals surface area contributed by atoms with E-state index in [4.69, 9.17) is 9.47 Å². The van der Waals surface area contributed by atoms with Crippen LogP contribution in [0.4, 0.5) is 5.69 Å². The Kier molecular flexibility index (Phi) is 4.21. The molecule has 3 aromatic rings. The van der Waals surface area contributed by atoms with Gasteiger partial charge in [-0.05, 0) is 12.1 Å². The minimum Gasteiger partial charge on any atom is -0.508 e. The van der Waals surface area contributed by atoms with Gasteiger partial charge in [-0.15, -0.1) is 5.10 Å². The van der Waals surface area contributed by atoms with Crippen LogP contribution in [0, 0.1) is 10.1 Å². The van der Waals surface area contributed by atoms with Crippen LogP contribution in [0.25, 0.3) is 16.9 Å². The molecule has 128 valence electrons. The van der Waals surface area contributed by atoms with E-state index in [1.54, 1.807) is 12.1 Å². The summed E-state index contributed by atoms with van der Waals surface area (Å²) in [5.41, 5.74) is 1.64. The van der Waals surface area contributed by atoms with Crippen LogP contribution < -0.4 is 9.47 Å². The third-order valence-electron chi connectivity index (χ3n) is 3.60. The number of ether oxygens (including phenoxy) is 2. The number of phenols is 1. The lowest BCUT2D eigenvalue weighted by atomic mass is 10.1. The SMILES string of the molecule is COc1cc(O)cc(-n2nncc2-c2ccc([N+](=O)[O-])cc2)c1OC. The molecule has 0 amide bonds. The van der Waals surface area contributed by atoms with Gasteiger partial charge in [-0.2, -0.15) is 0 Å². The zero-order chi connectivity index (χ0) is 18.0. The van der Waals surface area contributed by atoms with Crippen molar-refractivity contribution in [3.8, 4) is 34.2 Å². The largest absolute Gasteiger partial charge is 0.508 e. The fourth-order valence-corrected chi connectivity index (χ4v) is 2.45. The molecular weight excluding hydrogens is 328 g/mol.